The molecule has 2 aromatic carbocycles. The van der Waals surface area contributed by atoms with Gasteiger partial charge >= 0.3 is 0 Å². The summed E-state index contributed by atoms with van der Waals surface area (Å²) < 4.78 is 11.1. The Labute approximate surface area is 174 Å². The lowest BCUT2D eigenvalue weighted by Gasteiger charge is -2.30. The Morgan fingerprint density at radius 3 is 2.38 bits per heavy atom. The van der Waals surface area contributed by atoms with Gasteiger partial charge in [-0.1, -0.05) is 23.7 Å². The highest BCUT2D eigenvalue weighted by Crippen LogP contribution is 2.32. The Morgan fingerprint density at radius 1 is 0.966 bits per heavy atom. The van der Waals surface area contributed by atoms with Crippen LogP contribution in [-0.4, -0.2) is 42.9 Å². The number of carbonyl (C=O) groups is 2. The fourth-order valence-corrected chi connectivity index (χ4v) is 3.77. The number of ketones is 1. The van der Waals surface area contributed by atoms with E-state index in [4.69, 9.17) is 21.1 Å². The first kappa shape index (κ1) is 19.5. The summed E-state index contributed by atoms with van der Waals surface area (Å²) in [6.07, 6.45) is 4.68. The Bertz CT molecular complexity index is 930. The van der Waals surface area contributed by atoms with E-state index in [2.05, 4.69) is 0 Å². The maximum Gasteiger partial charge on any atom is 0.246 e. The Balaban J connectivity index is 1.33. The summed E-state index contributed by atoms with van der Waals surface area (Å²) in [5.74, 6) is 1.29. The number of carbonyl (C=O) groups excluding carboxylic acids is 2. The number of rotatable bonds is 4. The molecule has 6 heteroatoms. The van der Waals surface area contributed by atoms with Crippen LogP contribution >= 0.6 is 11.6 Å². The zero-order chi connectivity index (χ0) is 20.2. The van der Waals surface area contributed by atoms with Gasteiger partial charge in [-0.05, 0) is 54.8 Å². The maximum atomic E-state index is 12.9. The van der Waals surface area contributed by atoms with Crippen molar-refractivity contribution >= 4 is 29.4 Å². The zero-order valence-electron chi connectivity index (χ0n) is 16.0. The predicted octanol–water partition coefficient (Wildman–Crippen LogP) is 4.25. The highest BCUT2D eigenvalue weighted by Gasteiger charge is 2.28. The third kappa shape index (κ3) is 4.62. The Morgan fingerprint density at radius 2 is 1.66 bits per heavy atom. The van der Waals surface area contributed by atoms with Crippen LogP contribution in [0.15, 0.2) is 48.5 Å². The molecule has 5 nitrogen and oxygen atoms in total. The molecule has 0 radical (unpaired) electrons. The summed E-state index contributed by atoms with van der Waals surface area (Å²) >= 11 is 5.87. The van der Waals surface area contributed by atoms with Gasteiger partial charge in [0.15, 0.2) is 17.3 Å². The lowest BCUT2D eigenvalue weighted by molar-refractivity contribution is -0.127. The van der Waals surface area contributed by atoms with Gasteiger partial charge in [0, 0.05) is 35.7 Å². The van der Waals surface area contributed by atoms with Crippen molar-refractivity contribution in [2.24, 2.45) is 5.92 Å². The number of ether oxygens (including phenoxy) is 2. The number of nitrogens with zero attached hydrogens (tertiary/aromatic N) is 1. The van der Waals surface area contributed by atoms with Crippen molar-refractivity contribution in [3.05, 3.63) is 64.7 Å². The van der Waals surface area contributed by atoms with Crippen LogP contribution in [0, 0.1) is 5.92 Å². The average molecular weight is 412 g/mol. The van der Waals surface area contributed by atoms with Crippen molar-refractivity contribution in [3.8, 4) is 11.5 Å². The third-order valence-corrected chi connectivity index (χ3v) is 5.54. The highest BCUT2D eigenvalue weighted by molar-refractivity contribution is 6.30. The fourth-order valence-electron chi connectivity index (χ4n) is 3.64. The lowest BCUT2D eigenvalue weighted by atomic mass is 9.88. The molecule has 0 aliphatic carbocycles. The van der Waals surface area contributed by atoms with Gasteiger partial charge in [0.1, 0.15) is 13.2 Å². The lowest BCUT2D eigenvalue weighted by Crippen LogP contribution is -2.39. The molecule has 2 aliphatic heterocycles. The third-order valence-electron chi connectivity index (χ3n) is 5.29. The van der Waals surface area contributed by atoms with Crippen molar-refractivity contribution in [1.29, 1.82) is 0 Å². The van der Waals surface area contributed by atoms with Crippen LogP contribution < -0.4 is 9.47 Å². The minimum atomic E-state index is -0.0816. The summed E-state index contributed by atoms with van der Waals surface area (Å²) in [6, 6.07) is 12.7. The molecule has 0 bridgehead atoms. The van der Waals surface area contributed by atoms with Crippen LogP contribution in [0.25, 0.3) is 6.08 Å². The van der Waals surface area contributed by atoms with Gasteiger partial charge in [0.2, 0.25) is 5.91 Å². The first-order valence-corrected chi connectivity index (χ1v) is 10.1. The van der Waals surface area contributed by atoms with Crippen molar-refractivity contribution in [1.82, 2.24) is 4.90 Å². The molecule has 2 aliphatic rings. The number of hydrogen-bond donors (Lipinski definition) is 0. The molecule has 0 unspecified atom stereocenters. The molecule has 0 N–H and O–H groups in total. The normalized spacial score (nSPS) is 16.8. The summed E-state index contributed by atoms with van der Waals surface area (Å²) in [5.41, 5.74) is 1.56. The SMILES string of the molecule is O=C(c1ccc2c(c1)OCCO2)C1CCN(C(=O)C=Cc2ccc(Cl)cc2)CC1. The number of likely N-dealkylation sites (tertiary alicyclic amines) is 1. The highest BCUT2D eigenvalue weighted by atomic mass is 35.5. The monoisotopic (exact) mass is 411 g/mol. The minimum absolute atomic E-state index is 0.0369. The van der Waals surface area contributed by atoms with E-state index in [1.807, 2.05) is 12.1 Å². The molecule has 1 saturated heterocycles. The van der Waals surface area contributed by atoms with Crippen LogP contribution in [-0.2, 0) is 4.79 Å². The van der Waals surface area contributed by atoms with Gasteiger partial charge in [-0.2, -0.15) is 0 Å². The molecular formula is C23H22ClNO4. The molecule has 0 aromatic heterocycles. The molecule has 0 spiro atoms. The first-order valence-electron chi connectivity index (χ1n) is 9.76. The standard InChI is InChI=1S/C23H22ClNO4/c24-19-5-1-16(2-6-19)3-8-22(26)25-11-9-17(10-12-25)23(27)18-4-7-20-21(15-18)29-14-13-28-20/h1-8,15,17H,9-14H2. The maximum absolute atomic E-state index is 12.9. The average Bonchev–Trinajstić information content (AvgIpc) is 2.78. The largest absolute Gasteiger partial charge is 0.486 e. The second-order valence-corrected chi connectivity index (χ2v) is 7.64. The van der Waals surface area contributed by atoms with E-state index in [-0.39, 0.29) is 17.6 Å². The molecule has 150 valence electrons. The summed E-state index contributed by atoms with van der Waals surface area (Å²) in [7, 11) is 0. The van der Waals surface area contributed by atoms with E-state index in [1.54, 1.807) is 47.4 Å². The van der Waals surface area contributed by atoms with Crippen LogP contribution in [0.5, 0.6) is 11.5 Å². The zero-order valence-corrected chi connectivity index (χ0v) is 16.7. The van der Waals surface area contributed by atoms with Gasteiger partial charge in [-0.25, -0.2) is 0 Å². The molecule has 1 amide bonds. The van der Waals surface area contributed by atoms with Gasteiger partial charge in [0.05, 0.1) is 0 Å². The minimum Gasteiger partial charge on any atom is -0.486 e. The first-order chi connectivity index (χ1) is 14.1. The topological polar surface area (TPSA) is 55.8 Å². The molecule has 2 heterocycles. The van der Waals surface area contributed by atoms with Crippen molar-refractivity contribution in [2.75, 3.05) is 26.3 Å². The fraction of sp³-hybridized carbons (Fsp3) is 0.304. The summed E-state index contributed by atoms with van der Waals surface area (Å²) in [4.78, 5) is 27.1. The second-order valence-electron chi connectivity index (χ2n) is 7.21. The molecule has 0 saturated carbocycles. The van der Waals surface area contributed by atoms with E-state index in [9.17, 15) is 9.59 Å². The quantitative estimate of drug-likeness (QED) is 0.557. The van der Waals surface area contributed by atoms with Crippen molar-refractivity contribution < 1.29 is 19.1 Å². The van der Waals surface area contributed by atoms with Crippen LogP contribution in [0.3, 0.4) is 0 Å². The van der Waals surface area contributed by atoms with E-state index in [0.29, 0.717) is 61.2 Å². The summed E-state index contributed by atoms with van der Waals surface area (Å²) in [5, 5.41) is 0.665. The van der Waals surface area contributed by atoms with Crippen LogP contribution in [0.4, 0.5) is 0 Å². The second kappa shape index (κ2) is 8.70. The number of halogens is 1. The van der Waals surface area contributed by atoms with Crippen molar-refractivity contribution in [3.63, 3.8) is 0 Å². The molecule has 2 aromatic rings. The smallest absolute Gasteiger partial charge is 0.246 e. The Hall–Kier alpha value is -2.79. The van der Waals surface area contributed by atoms with Gasteiger partial charge < -0.3 is 14.4 Å². The number of fused-ring (bicyclic) bond motifs is 1. The van der Waals surface area contributed by atoms with Gasteiger partial charge in [-0.3, -0.25) is 9.59 Å². The van der Waals surface area contributed by atoms with Crippen LogP contribution in [0.1, 0.15) is 28.8 Å². The summed E-state index contributed by atoms with van der Waals surface area (Å²) in [6.45, 7) is 2.17. The van der Waals surface area contributed by atoms with Gasteiger partial charge in [0.25, 0.3) is 0 Å². The number of Topliss-reactive ketones (excluding diaryl/α,β-unsaturated/α-hetero) is 1. The molecular weight excluding hydrogens is 390 g/mol. The van der Waals surface area contributed by atoms with E-state index >= 15 is 0 Å². The van der Waals surface area contributed by atoms with Gasteiger partial charge in [-0.15, -0.1) is 0 Å². The molecule has 4 rings (SSSR count). The number of piperidine rings is 1. The number of amides is 1. The van der Waals surface area contributed by atoms with E-state index in [0.717, 1.165) is 5.56 Å². The van der Waals surface area contributed by atoms with Crippen LogP contribution in [0.2, 0.25) is 5.02 Å². The number of benzene rings is 2. The number of hydrogen-bond acceptors (Lipinski definition) is 4. The van der Waals surface area contributed by atoms with E-state index < -0.39 is 0 Å². The van der Waals surface area contributed by atoms with E-state index in [1.165, 1.54) is 0 Å². The molecule has 1 fully saturated rings. The molecule has 0 atom stereocenters. The Kier molecular flexibility index (Phi) is 5.86. The van der Waals surface area contributed by atoms with Crippen molar-refractivity contribution in [2.45, 2.75) is 12.8 Å². The molecule has 29 heavy (non-hydrogen) atoms. The predicted molar refractivity (Wildman–Crippen MR) is 112 cm³/mol.